The number of rotatable bonds is 3. The Bertz CT molecular complexity index is 608. The first-order valence-corrected chi connectivity index (χ1v) is 6.55. The molecule has 1 amide bonds. The number of nitrogens with zero attached hydrogens (tertiary/aromatic N) is 2. The van der Waals surface area contributed by atoms with Gasteiger partial charge in [0.2, 0.25) is 0 Å². The van der Waals surface area contributed by atoms with Gasteiger partial charge in [-0.25, -0.2) is 9.07 Å². The van der Waals surface area contributed by atoms with Gasteiger partial charge in [0.15, 0.2) is 5.69 Å². The lowest BCUT2D eigenvalue weighted by Crippen LogP contribution is -2.36. The highest BCUT2D eigenvalue weighted by Crippen LogP contribution is 2.09. The number of hydrogen-bond donors (Lipinski definition) is 2. The van der Waals surface area contributed by atoms with E-state index in [9.17, 15) is 9.18 Å². The van der Waals surface area contributed by atoms with Crippen molar-refractivity contribution in [1.29, 1.82) is 0 Å². The molecule has 0 bridgehead atoms. The Morgan fingerprint density at radius 3 is 2.76 bits per heavy atom. The molecule has 1 aromatic carbocycles. The quantitative estimate of drug-likeness (QED) is 0.904. The molecule has 0 radical (unpaired) electrons. The maximum Gasteiger partial charge on any atom is 0.272 e. The largest absolute Gasteiger partial charge is 0.347 e. The van der Waals surface area contributed by atoms with Crippen LogP contribution in [-0.4, -0.2) is 34.8 Å². The van der Waals surface area contributed by atoms with E-state index in [1.165, 1.54) is 12.1 Å². The Hall–Kier alpha value is -1.92. The summed E-state index contributed by atoms with van der Waals surface area (Å²) in [6.45, 7) is 1.72. The fourth-order valence-corrected chi connectivity index (χ4v) is 2.22. The Labute approximate surface area is 127 Å². The second-order valence-corrected chi connectivity index (χ2v) is 4.79. The molecular formula is C14H16ClFN4O. The number of amides is 1. The monoisotopic (exact) mass is 310 g/mol. The molecule has 1 saturated heterocycles. The molecule has 0 spiro atoms. The summed E-state index contributed by atoms with van der Waals surface area (Å²) in [4.78, 5) is 12.0. The zero-order valence-corrected chi connectivity index (χ0v) is 12.1. The van der Waals surface area contributed by atoms with Crippen LogP contribution >= 0.6 is 12.4 Å². The molecule has 112 valence electrons. The van der Waals surface area contributed by atoms with Gasteiger partial charge in [0.25, 0.3) is 5.91 Å². The summed E-state index contributed by atoms with van der Waals surface area (Å²) < 4.78 is 14.4. The molecule has 3 rings (SSSR count). The minimum atomic E-state index is -0.299. The van der Waals surface area contributed by atoms with E-state index in [1.54, 1.807) is 29.1 Å². The summed E-state index contributed by atoms with van der Waals surface area (Å²) in [5, 5.41) is 10.3. The van der Waals surface area contributed by atoms with Crippen molar-refractivity contribution in [2.45, 2.75) is 12.5 Å². The van der Waals surface area contributed by atoms with E-state index in [0.717, 1.165) is 19.5 Å². The molecule has 0 aliphatic carbocycles. The van der Waals surface area contributed by atoms with E-state index in [4.69, 9.17) is 0 Å². The third-order valence-electron chi connectivity index (χ3n) is 3.31. The zero-order valence-electron chi connectivity index (χ0n) is 11.3. The van der Waals surface area contributed by atoms with Crippen molar-refractivity contribution in [1.82, 2.24) is 20.4 Å². The van der Waals surface area contributed by atoms with E-state index in [0.29, 0.717) is 11.4 Å². The van der Waals surface area contributed by atoms with E-state index < -0.39 is 0 Å². The van der Waals surface area contributed by atoms with Gasteiger partial charge in [0, 0.05) is 18.8 Å². The lowest BCUT2D eigenvalue weighted by Gasteiger charge is -2.09. The molecule has 2 aromatic rings. The highest BCUT2D eigenvalue weighted by Gasteiger charge is 2.18. The molecule has 1 atom stereocenters. The van der Waals surface area contributed by atoms with Crippen LogP contribution in [0.5, 0.6) is 0 Å². The van der Waals surface area contributed by atoms with Crippen molar-refractivity contribution < 1.29 is 9.18 Å². The van der Waals surface area contributed by atoms with Crippen LogP contribution in [0.15, 0.2) is 36.5 Å². The van der Waals surface area contributed by atoms with Gasteiger partial charge in [-0.05, 0) is 43.3 Å². The van der Waals surface area contributed by atoms with Gasteiger partial charge in [-0.2, -0.15) is 5.10 Å². The third kappa shape index (κ3) is 3.59. The number of carbonyl (C=O) groups excluding carboxylic acids is 1. The van der Waals surface area contributed by atoms with Crippen molar-refractivity contribution in [3.63, 3.8) is 0 Å². The smallest absolute Gasteiger partial charge is 0.272 e. The van der Waals surface area contributed by atoms with Crippen LogP contribution in [0.25, 0.3) is 5.69 Å². The topological polar surface area (TPSA) is 59.0 Å². The van der Waals surface area contributed by atoms with Crippen molar-refractivity contribution >= 4 is 18.3 Å². The first kappa shape index (κ1) is 15.5. The van der Waals surface area contributed by atoms with Gasteiger partial charge < -0.3 is 10.6 Å². The minimum Gasteiger partial charge on any atom is -0.347 e. The summed E-state index contributed by atoms with van der Waals surface area (Å²) in [6, 6.07) is 7.78. The van der Waals surface area contributed by atoms with Crippen LogP contribution in [0.1, 0.15) is 16.9 Å². The lowest BCUT2D eigenvalue weighted by molar-refractivity contribution is 0.0934. The Balaban J connectivity index is 0.00000161. The number of aromatic nitrogens is 2. The van der Waals surface area contributed by atoms with Crippen LogP contribution < -0.4 is 10.6 Å². The van der Waals surface area contributed by atoms with Gasteiger partial charge in [-0.3, -0.25) is 4.79 Å². The number of hydrogen-bond acceptors (Lipinski definition) is 3. The van der Waals surface area contributed by atoms with Gasteiger partial charge in [0.05, 0.1) is 5.69 Å². The number of benzene rings is 1. The van der Waals surface area contributed by atoms with Gasteiger partial charge in [-0.15, -0.1) is 12.4 Å². The van der Waals surface area contributed by atoms with E-state index in [-0.39, 0.29) is 30.2 Å². The highest BCUT2D eigenvalue weighted by atomic mass is 35.5. The number of carbonyl (C=O) groups is 1. The van der Waals surface area contributed by atoms with Crippen molar-refractivity contribution in [3.8, 4) is 5.69 Å². The number of nitrogens with one attached hydrogen (secondary N) is 2. The van der Waals surface area contributed by atoms with Crippen LogP contribution in [-0.2, 0) is 0 Å². The highest BCUT2D eigenvalue weighted by molar-refractivity contribution is 5.92. The molecule has 1 fully saturated rings. The maximum absolute atomic E-state index is 12.9. The summed E-state index contributed by atoms with van der Waals surface area (Å²) in [5.41, 5.74) is 1.08. The molecule has 1 aliphatic rings. The third-order valence-corrected chi connectivity index (χ3v) is 3.31. The molecule has 1 aromatic heterocycles. The lowest BCUT2D eigenvalue weighted by atomic mass is 10.2. The standard InChI is InChI=1S/C14H15FN4O.ClH/c15-10-1-3-12(4-2-10)19-8-6-13(18-19)14(20)17-11-5-7-16-9-11;/h1-4,6,8,11,16H,5,7,9H2,(H,17,20);1H. The first-order valence-electron chi connectivity index (χ1n) is 6.55. The Morgan fingerprint density at radius 1 is 1.33 bits per heavy atom. The molecule has 1 unspecified atom stereocenters. The summed E-state index contributed by atoms with van der Waals surface area (Å²) in [7, 11) is 0. The summed E-state index contributed by atoms with van der Waals surface area (Å²) in [6.07, 6.45) is 2.62. The second-order valence-electron chi connectivity index (χ2n) is 4.79. The Kier molecular flexibility index (Phi) is 4.93. The Morgan fingerprint density at radius 2 is 2.10 bits per heavy atom. The van der Waals surface area contributed by atoms with E-state index in [2.05, 4.69) is 15.7 Å². The molecule has 21 heavy (non-hydrogen) atoms. The average Bonchev–Trinajstić information content (AvgIpc) is 3.10. The van der Waals surface area contributed by atoms with Gasteiger partial charge >= 0.3 is 0 Å². The first-order chi connectivity index (χ1) is 9.72. The fraction of sp³-hybridized carbons (Fsp3) is 0.286. The maximum atomic E-state index is 12.9. The van der Waals surface area contributed by atoms with Crippen molar-refractivity contribution in [2.24, 2.45) is 0 Å². The molecule has 2 N–H and O–H groups in total. The van der Waals surface area contributed by atoms with Crippen LogP contribution in [0.2, 0.25) is 0 Å². The van der Waals surface area contributed by atoms with E-state index in [1.807, 2.05) is 0 Å². The molecule has 0 saturated carbocycles. The van der Waals surface area contributed by atoms with Gasteiger partial charge in [-0.1, -0.05) is 0 Å². The summed E-state index contributed by atoms with van der Waals surface area (Å²) in [5.74, 6) is -0.479. The predicted octanol–water partition coefficient (Wildman–Crippen LogP) is 1.52. The predicted molar refractivity (Wildman–Crippen MR) is 79.5 cm³/mol. The van der Waals surface area contributed by atoms with Gasteiger partial charge in [0.1, 0.15) is 5.82 Å². The van der Waals surface area contributed by atoms with Crippen molar-refractivity contribution in [2.75, 3.05) is 13.1 Å². The summed E-state index contributed by atoms with van der Waals surface area (Å²) >= 11 is 0. The molecule has 1 aliphatic heterocycles. The minimum absolute atomic E-state index is 0. The normalized spacial score (nSPS) is 17.3. The van der Waals surface area contributed by atoms with E-state index >= 15 is 0 Å². The SMILES string of the molecule is Cl.O=C(NC1CCNC1)c1ccn(-c2ccc(F)cc2)n1. The molecule has 7 heteroatoms. The fourth-order valence-electron chi connectivity index (χ4n) is 2.22. The number of halogens is 2. The zero-order chi connectivity index (χ0) is 13.9. The van der Waals surface area contributed by atoms with Crippen LogP contribution in [0, 0.1) is 5.82 Å². The second kappa shape index (κ2) is 6.69. The average molecular weight is 311 g/mol. The van der Waals surface area contributed by atoms with Crippen LogP contribution in [0.4, 0.5) is 4.39 Å². The molecular weight excluding hydrogens is 295 g/mol. The molecule has 5 nitrogen and oxygen atoms in total. The molecule has 2 heterocycles. The van der Waals surface area contributed by atoms with Crippen molar-refractivity contribution in [3.05, 3.63) is 48.0 Å². The van der Waals surface area contributed by atoms with Crippen LogP contribution in [0.3, 0.4) is 0 Å².